The average molecular weight is 624 g/mol. The van der Waals surface area contributed by atoms with Gasteiger partial charge in [0.25, 0.3) is 0 Å². The summed E-state index contributed by atoms with van der Waals surface area (Å²) in [5, 5.41) is 0. The Hall–Kier alpha value is -2.43. The average Bonchev–Trinajstić information content (AvgIpc) is 3.30. The van der Waals surface area contributed by atoms with Gasteiger partial charge in [-0.15, -0.1) is 0 Å². The summed E-state index contributed by atoms with van der Waals surface area (Å²) < 4.78 is 1.42. The quantitative estimate of drug-likeness (QED) is 0.0683. The van der Waals surface area contributed by atoms with Gasteiger partial charge in [0.15, 0.2) is 0 Å². The number of benzene rings is 2. The number of hydrogen-bond donors (Lipinski definition) is 0. The number of hydrogen-bond acceptors (Lipinski definition) is 0. The molecule has 1 aliphatic heterocycles. The van der Waals surface area contributed by atoms with Gasteiger partial charge in [-0.1, -0.05) is 127 Å². The van der Waals surface area contributed by atoms with E-state index in [2.05, 4.69) is 88.9 Å². The van der Waals surface area contributed by atoms with Crippen LogP contribution in [0.15, 0.2) is 48.0 Å². The monoisotopic (exact) mass is 622 g/mol. The van der Waals surface area contributed by atoms with Crippen LogP contribution in [-0.2, 0) is 29.3 Å². The van der Waals surface area contributed by atoms with E-state index in [1.807, 2.05) is 0 Å². The molecule has 2 aromatic carbocycles. The molecule has 3 rings (SSSR count). The van der Waals surface area contributed by atoms with Crippen molar-refractivity contribution < 1.29 is 21.2 Å². The van der Waals surface area contributed by atoms with Crippen LogP contribution in [0, 0.1) is 25.7 Å². The van der Waals surface area contributed by atoms with Crippen molar-refractivity contribution in [2.24, 2.45) is 0 Å². The summed E-state index contributed by atoms with van der Waals surface area (Å²) in [6, 6.07) is 13.6. The van der Waals surface area contributed by atoms with E-state index in [0.717, 1.165) is 53.8 Å². The van der Waals surface area contributed by atoms with Crippen LogP contribution in [-0.4, -0.2) is 4.70 Å². The first-order valence-electron chi connectivity index (χ1n) is 17.1. The molecule has 0 bridgehead atoms. The SMILES string of the molecule is CCCCCCCCC#CC1=C(c2cc(C)cc(CCCCCC)c2)[N+](=[N-])C(c2cc(C)cc(CCCCCC)c2)=C1.[Ni]. The van der Waals surface area contributed by atoms with Crippen LogP contribution in [0.1, 0.15) is 150 Å². The predicted molar refractivity (Wildman–Crippen MR) is 182 cm³/mol. The van der Waals surface area contributed by atoms with Crippen LogP contribution in [0.5, 0.6) is 0 Å². The second-order valence-electron chi connectivity index (χ2n) is 12.5. The Labute approximate surface area is 274 Å². The topological polar surface area (TPSA) is 25.3 Å². The standard InChI is InChI=1S/C40H56N2.Ni/c1-6-9-12-15-16-17-18-21-24-36-31-39(37-27-32(4)25-34(29-37)22-19-13-10-7-2)42(41)40(36)38-28-33(5)26-35(30-38)23-20-14-11-8-3;/h25-31H,6-20,22-23H2,1-5H3;. The Morgan fingerprint density at radius 2 is 1.09 bits per heavy atom. The summed E-state index contributed by atoms with van der Waals surface area (Å²) in [6.07, 6.45) is 22.8. The molecule has 0 amide bonds. The summed E-state index contributed by atoms with van der Waals surface area (Å²) in [7, 11) is 0. The molecule has 236 valence electrons. The van der Waals surface area contributed by atoms with Crippen LogP contribution < -0.4 is 0 Å². The second kappa shape index (κ2) is 20.5. The van der Waals surface area contributed by atoms with Gasteiger partial charge < -0.3 is 5.53 Å². The minimum absolute atomic E-state index is 0. The normalized spacial score (nSPS) is 12.7. The Morgan fingerprint density at radius 3 is 1.67 bits per heavy atom. The molecule has 0 aliphatic carbocycles. The van der Waals surface area contributed by atoms with E-state index < -0.39 is 0 Å². The molecular formula is C40H56N2Ni. The molecular weight excluding hydrogens is 567 g/mol. The van der Waals surface area contributed by atoms with Gasteiger partial charge >= 0.3 is 0 Å². The molecule has 0 saturated carbocycles. The maximum atomic E-state index is 11.7. The molecule has 0 N–H and O–H groups in total. The van der Waals surface area contributed by atoms with E-state index in [1.165, 1.54) is 110 Å². The maximum Gasteiger partial charge on any atom is 0.223 e. The summed E-state index contributed by atoms with van der Waals surface area (Å²) >= 11 is 0. The molecule has 2 aromatic rings. The Morgan fingerprint density at radius 1 is 0.605 bits per heavy atom. The van der Waals surface area contributed by atoms with Crippen molar-refractivity contribution in [2.45, 2.75) is 144 Å². The van der Waals surface area contributed by atoms with Gasteiger partial charge in [-0.25, -0.2) is 4.70 Å². The molecule has 0 spiro atoms. The van der Waals surface area contributed by atoms with Crippen LogP contribution in [0.25, 0.3) is 16.9 Å². The zero-order chi connectivity index (χ0) is 30.2. The number of nitrogens with zero attached hydrogens (tertiary/aromatic N) is 2. The van der Waals surface area contributed by atoms with Crippen LogP contribution in [0.4, 0.5) is 0 Å². The Balaban J connectivity index is 0.00000645. The number of unbranched alkanes of at least 4 members (excludes halogenated alkanes) is 12. The first kappa shape index (κ1) is 36.8. The molecule has 1 heterocycles. The molecule has 0 saturated heterocycles. The van der Waals surface area contributed by atoms with E-state index in [0.29, 0.717) is 0 Å². The fourth-order valence-electron chi connectivity index (χ4n) is 6.04. The van der Waals surface area contributed by atoms with E-state index in [-0.39, 0.29) is 16.5 Å². The number of rotatable bonds is 18. The molecule has 0 radical (unpaired) electrons. The van der Waals surface area contributed by atoms with Gasteiger partial charge in [-0.3, -0.25) is 0 Å². The van der Waals surface area contributed by atoms with Crippen LogP contribution in [0.3, 0.4) is 0 Å². The minimum Gasteiger partial charge on any atom is -0.493 e. The van der Waals surface area contributed by atoms with Crippen molar-refractivity contribution in [3.05, 3.63) is 87.0 Å². The van der Waals surface area contributed by atoms with Gasteiger partial charge in [-0.2, -0.15) is 0 Å². The summed E-state index contributed by atoms with van der Waals surface area (Å²) in [5.74, 6) is 6.95. The van der Waals surface area contributed by atoms with Crippen LogP contribution >= 0.6 is 0 Å². The van der Waals surface area contributed by atoms with Crippen molar-refractivity contribution in [3.63, 3.8) is 0 Å². The van der Waals surface area contributed by atoms with E-state index >= 15 is 0 Å². The zero-order valence-corrected chi connectivity index (χ0v) is 28.8. The summed E-state index contributed by atoms with van der Waals surface area (Å²) in [5.41, 5.74) is 21.6. The van der Waals surface area contributed by atoms with E-state index in [9.17, 15) is 5.53 Å². The predicted octanol–water partition coefficient (Wildman–Crippen LogP) is 12.1. The first-order chi connectivity index (χ1) is 20.5. The molecule has 0 atom stereocenters. The third kappa shape index (κ3) is 12.2. The zero-order valence-electron chi connectivity index (χ0n) is 27.8. The van der Waals surface area contributed by atoms with Crippen molar-refractivity contribution in [1.29, 1.82) is 0 Å². The Kier molecular flexibility index (Phi) is 17.5. The summed E-state index contributed by atoms with van der Waals surface area (Å²) in [4.78, 5) is 0. The fourth-order valence-corrected chi connectivity index (χ4v) is 6.04. The third-order valence-corrected chi connectivity index (χ3v) is 8.34. The van der Waals surface area contributed by atoms with E-state index in [4.69, 9.17) is 0 Å². The largest absolute Gasteiger partial charge is 0.493 e. The summed E-state index contributed by atoms with van der Waals surface area (Å²) in [6.45, 7) is 11.1. The van der Waals surface area contributed by atoms with Gasteiger partial charge in [0.2, 0.25) is 11.4 Å². The molecule has 43 heavy (non-hydrogen) atoms. The molecule has 1 aliphatic rings. The van der Waals surface area contributed by atoms with Crippen molar-refractivity contribution in [2.75, 3.05) is 0 Å². The van der Waals surface area contributed by atoms with Crippen molar-refractivity contribution in [3.8, 4) is 11.8 Å². The maximum absolute atomic E-state index is 11.7. The smallest absolute Gasteiger partial charge is 0.223 e. The van der Waals surface area contributed by atoms with Gasteiger partial charge in [-0.05, 0) is 81.3 Å². The van der Waals surface area contributed by atoms with Gasteiger partial charge in [0.1, 0.15) is 5.57 Å². The Bertz CT molecular complexity index is 1290. The number of aryl methyl sites for hydroxylation is 4. The molecule has 0 aromatic heterocycles. The molecule has 2 nitrogen and oxygen atoms in total. The first-order valence-corrected chi connectivity index (χ1v) is 17.1. The fraction of sp³-hybridized carbons (Fsp3) is 0.550. The van der Waals surface area contributed by atoms with Gasteiger partial charge in [0.05, 0.1) is 0 Å². The van der Waals surface area contributed by atoms with Gasteiger partial charge in [0, 0.05) is 40.1 Å². The van der Waals surface area contributed by atoms with Crippen LogP contribution in [0.2, 0.25) is 0 Å². The van der Waals surface area contributed by atoms with Crippen molar-refractivity contribution in [1.82, 2.24) is 0 Å². The molecule has 0 fully saturated rings. The molecule has 3 heteroatoms. The van der Waals surface area contributed by atoms with Crippen molar-refractivity contribution >= 4 is 11.4 Å². The minimum atomic E-state index is 0. The third-order valence-electron chi connectivity index (χ3n) is 8.34. The van der Waals surface area contributed by atoms with E-state index in [1.54, 1.807) is 0 Å². The molecule has 0 unspecified atom stereocenters. The second-order valence-corrected chi connectivity index (χ2v) is 12.5. The number of allylic oxidation sites excluding steroid dienone is 2.